The summed E-state index contributed by atoms with van der Waals surface area (Å²) in [7, 11) is 1.59. The molecule has 0 unspecified atom stereocenters. The molecule has 1 aromatic carbocycles. The van der Waals surface area contributed by atoms with Crippen molar-refractivity contribution < 1.29 is 14.3 Å². The van der Waals surface area contributed by atoms with Gasteiger partial charge in [-0.3, -0.25) is 9.59 Å². The molecule has 10 nitrogen and oxygen atoms in total. The first-order valence-corrected chi connectivity index (χ1v) is 12.6. The zero-order valence-electron chi connectivity index (χ0n) is 21.7. The Bertz CT molecular complexity index is 1260. The van der Waals surface area contributed by atoms with E-state index in [-0.39, 0.29) is 36.6 Å². The number of Topliss-reactive ketones (excluding diaryl/α,β-unsaturated/α-hetero) is 1. The highest BCUT2D eigenvalue weighted by molar-refractivity contribution is 5.91. The highest BCUT2D eigenvalue weighted by Gasteiger charge is 2.19. The second kappa shape index (κ2) is 12.0. The van der Waals surface area contributed by atoms with Gasteiger partial charge in [0.05, 0.1) is 12.7 Å². The van der Waals surface area contributed by atoms with Gasteiger partial charge in [-0.05, 0) is 36.0 Å². The van der Waals surface area contributed by atoms with E-state index in [1.807, 2.05) is 30.5 Å². The lowest BCUT2D eigenvalue weighted by atomic mass is 10.1. The van der Waals surface area contributed by atoms with Crippen molar-refractivity contribution >= 4 is 29.2 Å². The van der Waals surface area contributed by atoms with Crippen molar-refractivity contribution in [3.63, 3.8) is 0 Å². The van der Waals surface area contributed by atoms with Crippen LogP contribution in [0, 0.1) is 0 Å². The van der Waals surface area contributed by atoms with Crippen LogP contribution < -0.4 is 10.6 Å². The van der Waals surface area contributed by atoms with Gasteiger partial charge in [0.2, 0.25) is 17.8 Å². The fourth-order valence-electron chi connectivity index (χ4n) is 4.32. The summed E-state index contributed by atoms with van der Waals surface area (Å²) in [5.74, 6) is 1.12. The SMILES string of the molecule is C=CC(=O)N(C)CC(=O)Cc1cccc(CNc2nc(NC3CCOCC3)nc3c(C(C)C)cnn23)c1. The number of hydrogen-bond acceptors (Lipinski definition) is 8. The minimum absolute atomic E-state index is 0.0399. The molecule has 0 bridgehead atoms. The maximum atomic E-state index is 12.5. The number of ketones is 1. The molecule has 1 fully saturated rings. The Morgan fingerprint density at radius 2 is 2.00 bits per heavy atom. The first kappa shape index (κ1) is 26.3. The third-order valence-electron chi connectivity index (χ3n) is 6.38. The number of aromatic nitrogens is 4. The van der Waals surface area contributed by atoms with Gasteiger partial charge in [-0.25, -0.2) is 0 Å². The lowest BCUT2D eigenvalue weighted by Crippen LogP contribution is -2.31. The summed E-state index contributed by atoms with van der Waals surface area (Å²) >= 11 is 0. The maximum Gasteiger partial charge on any atom is 0.246 e. The van der Waals surface area contributed by atoms with E-state index in [1.165, 1.54) is 11.0 Å². The number of carbonyl (C=O) groups excluding carboxylic acids is 2. The number of fused-ring (bicyclic) bond motifs is 1. The highest BCUT2D eigenvalue weighted by Crippen LogP contribution is 2.23. The summed E-state index contributed by atoms with van der Waals surface area (Å²) in [5.41, 5.74) is 3.72. The molecule has 2 N–H and O–H groups in total. The second-order valence-electron chi connectivity index (χ2n) is 9.68. The summed E-state index contributed by atoms with van der Waals surface area (Å²) < 4.78 is 7.22. The normalized spacial score (nSPS) is 14.1. The van der Waals surface area contributed by atoms with Crippen LogP contribution in [0.5, 0.6) is 0 Å². The van der Waals surface area contributed by atoms with Crippen LogP contribution in [0.3, 0.4) is 0 Å². The van der Waals surface area contributed by atoms with Gasteiger partial charge in [0.15, 0.2) is 11.4 Å². The van der Waals surface area contributed by atoms with Crippen molar-refractivity contribution in [3.8, 4) is 0 Å². The zero-order valence-corrected chi connectivity index (χ0v) is 21.7. The summed E-state index contributed by atoms with van der Waals surface area (Å²) in [4.78, 5) is 35.0. The van der Waals surface area contributed by atoms with Crippen LogP contribution in [0.25, 0.3) is 5.65 Å². The average Bonchev–Trinajstić information content (AvgIpc) is 3.32. The van der Waals surface area contributed by atoms with Crippen LogP contribution in [-0.2, 0) is 27.3 Å². The first-order chi connectivity index (χ1) is 17.8. The maximum absolute atomic E-state index is 12.5. The predicted octanol–water partition coefficient (Wildman–Crippen LogP) is 3.21. The first-order valence-electron chi connectivity index (χ1n) is 12.6. The number of benzene rings is 1. The fourth-order valence-corrected chi connectivity index (χ4v) is 4.32. The average molecular weight is 506 g/mol. The summed E-state index contributed by atoms with van der Waals surface area (Å²) in [6, 6.07) is 8.10. The molecule has 1 aliphatic heterocycles. The monoisotopic (exact) mass is 505 g/mol. The van der Waals surface area contributed by atoms with E-state index in [0.29, 0.717) is 18.4 Å². The third-order valence-corrected chi connectivity index (χ3v) is 6.38. The molecule has 37 heavy (non-hydrogen) atoms. The number of amides is 1. The molecule has 3 aromatic rings. The predicted molar refractivity (Wildman–Crippen MR) is 143 cm³/mol. The van der Waals surface area contributed by atoms with E-state index < -0.39 is 0 Å². The molecule has 2 aromatic heterocycles. The number of hydrogen-bond donors (Lipinski definition) is 2. The molecular formula is C27H35N7O3. The van der Waals surface area contributed by atoms with Gasteiger partial charge >= 0.3 is 0 Å². The molecule has 4 rings (SSSR count). The lowest BCUT2D eigenvalue weighted by molar-refractivity contribution is -0.130. The Morgan fingerprint density at radius 1 is 1.24 bits per heavy atom. The van der Waals surface area contributed by atoms with Crippen molar-refractivity contribution in [2.75, 3.05) is 37.4 Å². The van der Waals surface area contributed by atoms with Gasteiger partial charge in [-0.2, -0.15) is 19.6 Å². The van der Waals surface area contributed by atoms with E-state index >= 15 is 0 Å². The van der Waals surface area contributed by atoms with Crippen LogP contribution in [0.15, 0.2) is 43.1 Å². The quantitative estimate of drug-likeness (QED) is 0.382. The largest absolute Gasteiger partial charge is 0.381 e. The van der Waals surface area contributed by atoms with Crippen molar-refractivity contribution in [3.05, 3.63) is 59.8 Å². The van der Waals surface area contributed by atoms with Crippen molar-refractivity contribution in [1.29, 1.82) is 0 Å². The van der Waals surface area contributed by atoms with E-state index in [4.69, 9.17) is 14.7 Å². The van der Waals surface area contributed by atoms with Crippen LogP contribution >= 0.6 is 0 Å². The lowest BCUT2D eigenvalue weighted by Gasteiger charge is -2.23. The zero-order chi connectivity index (χ0) is 26.4. The van der Waals surface area contributed by atoms with Crippen LogP contribution in [0.1, 0.15) is 49.3 Å². The van der Waals surface area contributed by atoms with Gasteiger partial charge in [-0.15, -0.1) is 0 Å². The molecule has 10 heteroatoms. The number of nitrogens with one attached hydrogen (secondary N) is 2. The molecule has 0 aliphatic carbocycles. The minimum Gasteiger partial charge on any atom is -0.381 e. The van der Waals surface area contributed by atoms with Gasteiger partial charge in [0.25, 0.3) is 0 Å². The Balaban J connectivity index is 1.49. The topological polar surface area (TPSA) is 114 Å². The molecule has 196 valence electrons. The van der Waals surface area contributed by atoms with E-state index in [1.54, 1.807) is 11.6 Å². The van der Waals surface area contributed by atoms with Crippen molar-refractivity contribution in [2.24, 2.45) is 0 Å². The fraction of sp³-hybridized carbons (Fsp3) is 0.444. The molecule has 0 atom stereocenters. The Labute approximate surface area is 217 Å². The molecule has 0 radical (unpaired) electrons. The van der Waals surface area contributed by atoms with E-state index in [9.17, 15) is 9.59 Å². The van der Waals surface area contributed by atoms with Crippen LogP contribution in [0.2, 0.25) is 0 Å². The van der Waals surface area contributed by atoms with Gasteiger partial charge in [0.1, 0.15) is 0 Å². The summed E-state index contributed by atoms with van der Waals surface area (Å²) in [6.07, 6.45) is 5.13. The third kappa shape index (κ3) is 6.71. The molecule has 1 saturated heterocycles. The molecule has 1 aliphatic rings. The number of likely N-dealkylation sites (N-methyl/N-ethyl adjacent to an activating group) is 1. The van der Waals surface area contributed by atoms with Gasteiger partial charge in [0, 0.05) is 44.8 Å². The molecular weight excluding hydrogens is 470 g/mol. The Kier molecular flexibility index (Phi) is 8.50. The number of anilines is 2. The number of carbonyl (C=O) groups is 2. The standard InChI is InChI=1S/C27H35N7O3/c1-5-24(36)33(4)17-22(35)14-19-7-6-8-20(13-19)15-28-27-32-26(30-21-9-11-37-12-10-21)31-25-23(18(2)3)16-29-34(25)27/h5-8,13,16,18,21H,1,9-12,14-15,17H2,2-4H3,(H2,28,30,31,32). The highest BCUT2D eigenvalue weighted by atomic mass is 16.5. The summed E-state index contributed by atoms with van der Waals surface area (Å²) in [5, 5.41) is 11.4. The Hall–Kier alpha value is -3.79. The number of rotatable bonds is 11. The van der Waals surface area contributed by atoms with E-state index in [2.05, 4.69) is 36.2 Å². The number of ether oxygens (including phenoxy) is 1. The Morgan fingerprint density at radius 3 is 2.73 bits per heavy atom. The van der Waals surface area contributed by atoms with Crippen molar-refractivity contribution in [2.45, 2.75) is 51.6 Å². The molecule has 3 heterocycles. The van der Waals surface area contributed by atoms with Crippen molar-refractivity contribution in [1.82, 2.24) is 24.5 Å². The van der Waals surface area contributed by atoms with Crippen LogP contribution in [-0.4, -0.2) is 69.0 Å². The van der Waals surface area contributed by atoms with Gasteiger partial charge < -0.3 is 20.3 Å². The molecule has 0 spiro atoms. The van der Waals surface area contributed by atoms with E-state index in [0.717, 1.165) is 48.4 Å². The second-order valence-corrected chi connectivity index (χ2v) is 9.68. The molecule has 1 amide bonds. The number of nitrogens with zero attached hydrogens (tertiary/aromatic N) is 5. The summed E-state index contributed by atoms with van der Waals surface area (Å²) in [6.45, 7) is 9.71. The minimum atomic E-state index is -0.271. The van der Waals surface area contributed by atoms with Crippen LogP contribution in [0.4, 0.5) is 11.9 Å². The smallest absolute Gasteiger partial charge is 0.246 e. The molecule has 0 saturated carbocycles. The van der Waals surface area contributed by atoms with Gasteiger partial charge in [-0.1, -0.05) is 44.7 Å².